The van der Waals surface area contributed by atoms with E-state index in [0.29, 0.717) is 13.0 Å². The molecule has 0 atom stereocenters. The predicted molar refractivity (Wildman–Crippen MR) is 108 cm³/mol. The quantitative estimate of drug-likeness (QED) is 0.654. The molecule has 0 bridgehead atoms. The first-order chi connectivity index (χ1) is 13.1. The highest BCUT2D eigenvalue weighted by molar-refractivity contribution is 5.87. The fourth-order valence-electron chi connectivity index (χ4n) is 3.14. The Morgan fingerprint density at radius 3 is 2.56 bits per heavy atom. The zero-order chi connectivity index (χ0) is 19.6. The van der Waals surface area contributed by atoms with Crippen molar-refractivity contribution in [3.63, 3.8) is 0 Å². The number of carbonyl (C=O) groups excluding carboxylic acids is 2. The maximum atomic E-state index is 12.9. The van der Waals surface area contributed by atoms with Crippen LogP contribution in [0.5, 0.6) is 0 Å². The Kier molecular flexibility index (Phi) is 8.04. The van der Waals surface area contributed by atoms with Crippen LogP contribution in [0.4, 0.5) is 0 Å². The highest BCUT2D eigenvalue weighted by Gasteiger charge is 2.17. The number of imidazole rings is 1. The van der Waals surface area contributed by atoms with Gasteiger partial charge in [0.15, 0.2) is 0 Å². The molecule has 2 aromatic rings. The summed E-state index contributed by atoms with van der Waals surface area (Å²) in [5.41, 5.74) is 1.83. The number of rotatable bonds is 10. The first-order valence-electron chi connectivity index (χ1n) is 9.73. The van der Waals surface area contributed by atoms with Gasteiger partial charge >= 0.3 is 0 Å². The van der Waals surface area contributed by atoms with Crippen LogP contribution in [0.2, 0.25) is 0 Å². The zero-order valence-electron chi connectivity index (χ0n) is 16.6. The van der Waals surface area contributed by atoms with Crippen LogP contribution in [0.1, 0.15) is 39.4 Å². The topological polar surface area (TPSA) is 67.2 Å². The Hall–Kier alpha value is -2.63. The van der Waals surface area contributed by atoms with Gasteiger partial charge in [-0.2, -0.15) is 0 Å². The Morgan fingerprint density at radius 2 is 1.89 bits per heavy atom. The van der Waals surface area contributed by atoms with E-state index in [1.54, 1.807) is 6.08 Å². The van der Waals surface area contributed by atoms with E-state index in [1.807, 2.05) is 40.7 Å². The van der Waals surface area contributed by atoms with Crippen LogP contribution in [0, 0.1) is 0 Å². The number of fused-ring (bicyclic) bond motifs is 1. The van der Waals surface area contributed by atoms with Crippen LogP contribution in [0.15, 0.2) is 36.4 Å². The van der Waals surface area contributed by atoms with E-state index >= 15 is 0 Å². The molecular weight excluding hydrogens is 340 g/mol. The molecular formula is C21H30N4O2. The summed E-state index contributed by atoms with van der Waals surface area (Å²) in [6, 6.07) is 7.84. The molecule has 6 nitrogen and oxygen atoms in total. The summed E-state index contributed by atoms with van der Waals surface area (Å²) in [4.78, 5) is 31.1. The second kappa shape index (κ2) is 10.5. The second-order valence-electron chi connectivity index (χ2n) is 6.52. The highest BCUT2D eigenvalue weighted by atomic mass is 16.2. The number of allylic oxidation sites excluding steroid dienone is 1. The summed E-state index contributed by atoms with van der Waals surface area (Å²) in [7, 11) is 0. The molecule has 0 fully saturated rings. The van der Waals surface area contributed by atoms with Crippen molar-refractivity contribution in [2.24, 2.45) is 0 Å². The molecule has 0 saturated carbocycles. The van der Waals surface area contributed by atoms with Crippen molar-refractivity contribution in [3.8, 4) is 0 Å². The van der Waals surface area contributed by atoms with Crippen molar-refractivity contribution >= 4 is 22.8 Å². The minimum atomic E-state index is -0.117. The fourth-order valence-corrected chi connectivity index (χ4v) is 3.14. The number of hydrogen-bond acceptors (Lipinski definition) is 3. The van der Waals surface area contributed by atoms with E-state index in [9.17, 15) is 9.59 Å². The van der Waals surface area contributed by atoms with Crippen LogP contribution in [-0.4, -0.2) is 45.9 Å². The summed E-state index contributed by atoms with van der Waals surface area (Å²) in [5, 5.41) is 2.85. The van der Waals surface area contributed by atoms with Crippen LogP contribution in [0.3, 0.4) is 0 Å². The maximum absolute atomic E-state index is 12.9. The van der Waals surface area contributed by atoms with Gasteiger partial charge in [-0.1, -0.05) is 32.1 Å². The van der Waals surface area contributed by atoms with Gasteiger partial charge in [0.1, 0.15) is 12.4 Å². The lowest BCUT2D eigenvalue weighted by atomic mass is 10.3. The second-order valence-corrected chi connectivity index (χ2v) is 6.52. The standard InChI is InChI=1S/C21H30N4O2/c1-4-9-20(26)22-13-12-19-23-17-10-7-8-11-18(17)25(19)16-21(27)24(14-5-2)15-6-3/h4,7-11H,5-6,12-16H2,1-3H3,(H,22,26)/b9-4+. The van der Waals surface area contributed by atoms with Crippen LogP contribution in [-0.2, 0) is 22.6 Å². The van der Waals surface area contributed by atoms with Crippen molar-refractivity contribution in [1.82, 2.24) is 19.8 Å². The van der Waals surface area contributed by atoms with E-state index in [0.717, 1.165) is 42.8 Å². The molecule has 27 heavy (non-hydrogen) atoms. The summed E-state index contributed by atoms with van der Waals surface area (Å²) in [6.07, 6.45) is 5.67. The lowest BCUT2D eigenvalue weighted by molar-refractivity contribution is -0.132. The number of aromatic nitrogens is 2. The minimum absolute atomic E-state index is 0.112. The molecule has 2 amide bonds. The number of hydrogen-bond donors (Lipinski definition) is 1. The molecule has 0 radical (unpaired) electrons. The van der Waals surface area contributed by atoms with Crippen molar-refractivity contribution in [1.29, 1.82) is 0 Å². The molecule has 1 aromatic carbocycles. The average Bonchev–Trinajstić information content (AvgIpc) is 2.99. The number of nitrogens with zero attached hydrogens (tertiary/aromatic N) is 3. The zero-order valence-corrected chi connectivity index (χ0v) is 16.6. The fraction of sp³-hybridized carbons (Fsp3) is 0.476. The minimum Gasteiger partial charge on any atom is -0.352 e. The lowest BCUT2D eigenvalue weighted by Gasteiger charge is -2.22. The molecule has 0 aliphatic heterocycles. The molecule has 1 heterocycles. The Balaban J connectivity index is 2.20. The van der Waals surface area contributed by atoms with Crippen molar-refractivity contribution < 1.29 is 9.59 Å². The van der Waals surface area contributed by atoms with Crippen molar-refractivity contribution in [2.75, 3.05) is 19.6 Å². The van der Waals surface area contributed by atoms with Crippen LogP contribution < -0.4 is 5.32 Å². The molecule has 146 valence electrons. The summed E-state index contributed by atoms with van der Waals surface area (Å²) in [6.45, 7) is 8.28. The molecule has 0 saturated heterocycles. The monoisotopic (exact) mass is 370 g/mol. The highest BCUT2D eigenvalue weighted by Crippen LogP contribution is 2.17. The molecule has 1 aromatic heterocycles. The summed E-state index contributed by atoms with van der Waals surface area (Å²) < 4.78 is 1.98. The number of amides is 2. The Labute approximate surface area is 161 Å². The van der Waals surface area contributed by atoms with Gasteiger partial charge in [0.05, 0.1) is 11.0 Å². The molecule has 0 aliphatic rings. The van der Waals surface area contributed by atoms with Crippen LogP contribution >= 0.6 is 0 Å². The molecule has 6 heteroatoms. The first kappa shape index (κ1) is 20.7. The molecule has 0 aliphatic carbocycles. The molecule has 0 spiro atoms. The lowest BCUT2D eigenvalue weighted by Crippen LogP contribution is -2.35. The first-order valence-corrected chi connectivity index (χ1v) is 9.73. The number of para-hydroxylation sites is 2. The van der Waals surface area contributed by atoms with E-state index < -0.39 is 0 Å². The van der Waals surface area contributed by atoms with E-state index in [2.05, 4.69) is 24.1 Å². The third-order valence-corrected chi connectivity index (χ3v) is 4.33. The van der Waals surface area contributed by atoms with Gasteiger partial charge in [0.2, 0.25) is 11.8 Å². The maximum Gasteiger partial charge on any atom is 0.243 e. The molecule has 1 N–H and O–H groups in total. The number of benzene rings is 1. The smallest absolute Gasteiger partial charge is 0.243 e. The van der Waals surface area contributed by atoms with Gasteiger partial charge in [-0.25, -0.2) is 4.98 Å². The van der Waals surface area contributed by atoms with Gasteiger partial charge in [-0.15, -0.1) is 0 Å². The van der Waals surface area contributed by atoms with E-state index in [4.69, 9.17) is 0 Å². The summed E-state index contributed by atoms with van der Waals surface area (Å²) >= 11 is 0. The van der Waals surface area contributed by atoms with E-state index in [1.165, 1.54) is 6.08 Å². The van der Waals surface area contributed by atoms with Crippen molar-refractivity contribution in [3.05, 3.63) is 42.2 Å². The predicted octanol–water partition coefficient (Wildman–Crippen LogP) is 2.92. The molecule has 0 unspecified atom stereocenters. The largest absolute Gasteiger partial charge is 0.352 e. The van der Waals surface area contributed by atoms with Gasteiger partial charge in [-0.3, -0.25) is 9.59 Å². The number of nitrogens with one attached hydrogen (secondary N) is 1. The Morgan fingerprint density at radius 1 is 1.19 bits per heavy atom. The molecule has 2 rings (SSSR count). The van der Waals surface area contributed by atoms with Gasteiger partial charge < -0.3 is 14.8 Å². The van der Waals surface area contributed by atoms with Gasteiger partial charge in [-0.05, 0) is 38.0 Å². The average molecular weight is 370 g/mol. The Bertz CT molecular complexity index is 789. The third kappa shape index (κ3) is 5.67. The SMILES string of the molecule is C/C=C/C(=O)NCCc1nc2ccccc2n1CC(=O)N(CCC)CCC. The summed E-state index contributed by atoms with van der Waals surface area (Å²) in [5.74, 6) is 0.813. The van der Waals surface area contributed by atoms with Gasteiger partial charge in [0.25, 0.3) is 0 Å². The third-order valence-electron chi connectivity index (χ3n) is 4.33. The normalized spacial score (nSPS) is 11.2. The van der Waals surface area contributed by atoms with Crippen LogP contribution in [0.25, 0.3) is 11.0 Å². The van der Waals surface area contributed by atoms with E-state index in [-0.39, 0.29) is 18.4 Å². The van der Waals surface area contributed by atoms with Gasteiger partial charge in [0, 0.05) is 26.1 Å². The van der Waals surface area contributed by atoms with Crippen molar-refractivity contribution in [2.45, 2.75) is 46.6 Å². The number of carbonyl (C=O) groups is 2.